The Bertz CT molecular complexity index is 588. The lowest BCUT2D eigenvalue weighted by Crippen LogP contribution is -2.26. The van der Waals surface area contributed by atoms with E-state index in [0.717, 1.165) is 17.0 Å². The summed E-state index contributed by atoms with van der Waals surface area (Å²) in [7, 11) is 1.75. The predicted octanol–water partition coefficient (Wildman–Crippen LogP) is 3.22. The number of aromatic nitrogens is 1. The number of benzene rings is 1. The average Bonchev–Trinajstić information content (AvgIpc) is 2.69. The van der Waals surface area contributed by atoms with Gasteiger partial charge in [0.2, 0.25) is 0 Å². The molecule has 0 bridgehead atoms. The number of rotatable bonds is 3. The van der Waals surface area contributed by atoms with Gasteiger partial charge in [-0.15, -0.1) is 0 Å². The van der Waals surface area contributed by atoms with Gasteiger partial charge in [-0.1, -0.05) is 22.8 Å². The molecule has 1 aromatic carbocycles. The SMILES string of the molecule is Cc1noc(C)c1CN(C)C(=O)c1cccc(Cl)c1. The zero-order chi connectivity index (χ0) is 14.0. The topological polar surface area (TPSA) is 46.3 Å². The lowest BCUT2D eigenvalue weighted by atomic mass is 10.1. The van der Waals surface area contributed by atoms with Crippen LogP contribution in [0, 0.1) is 13.8 Å². The summed E-state index contributed by atoms with van der Waals surface area (Å²) in [6.45, 7) is 4.17. The fraction of sp³-hybridized carbons (Fsp3) is 0.286. The lowest BCUT2D eigenvalue weighted by molar-refractivity contribution is 0.0784. The Morgan fingerprint density at radius 1 is 1.42 bits per heavy atom. The molecule has 2 aromatic rings. The molecule has 5 heteroatoms. The molecule has 0 spiro atoms. The zero-order valence-corrected chi connectivity index (χ0v) is 11.9. The van der Waals surface area contributed by atoms with E-state index in [1.807, 2.05) is 13.8 Å². The van der Waals surface area contributed by atoms with Crippen LogP contribution in [0.4, 0.5) is 0 Å². The third-order valence-electron chi connectivity index (χ3n) is 2.99. The van der Waals surface area contributed by atoms with E-state index in [2.05, 4.69) is 5.16 Å². The van der Waals surface area contributed by atoms with Crippen molar-refractivity contribution in [2.75, 3.05) is 7.05 Å². The van der Waals surface area contributed by atoms with Crippen LogP contribution in [0.5, 0.6) is 0 Å². The molecular weight excluding hydrogens is 264 g/mol. The molecule has 1 heterocycles. The monoisotopic (exact) mass is 278 g/mol. The fourth-order valence-corrected chi connectivity index (χ4v) is 2.07. The Hall–Kier alpha value is -1.81. The number of hydrogen-bond acceptors (Lipinski definition) is 3. The largest absolute Gasteiger partial charge is 0.361 e. The van der Waals surface area contributed by atoms with E-state index in [1.165, 1.54) is 0 Å². The summed E-state index contributed by atoms with van der Waals surface area (Å²) in [4.78, 5) is 13.9. The molecule has 0 saturated heterocycles. The van der Waals surface area contributed by atoms with Crippen molar-refractivity contribution in [2.24, 2.45) is 0 Å². The number of nitrogens with zero attached hydrogens (tertiary/aromatic N) is 2. The molecular formula is C14H15ClN2O2. The van der Waals surface area contributed by atoms with Crippen LogP contribution >= 0.6 is 11.6 Å². The Balaban J connectivity index is 2.16. The summed E-state index contributed by atoms with van der Waals surface area (Å²) >= 11 is 5.89. The van der Waals surface area contributed by atoms with Gasteiger partial charge in [-0.2, -0.15) is 0 Å². The van der Waals surface area contributed by atoms with Gasteiger partial charge in [0, 0.05) is 23.2 Å². The molecule has 19 heavy (non-hydrogen) atoms. The van der Waals surface area contributed by atoms with Crippen molar-refractivity contribution in [3.8, 4) is 0 Å². The summed E-state index contributed by atoms with van der Waals surface area (Å²) in [5.41, 5.74) is 2.32. The Labute approximate surface area is 117 Å². The van der Waals surface area contributed by atoms with Crippen molar-refractivity contribution in [1.82, 2.24) is 10.1 Å². The molecule has 1 amide bonds. The highest BCUT2D eigenvalue weighted by Crippen LogP contribution is 2.17. The van der Waals surface area contributed by atoms with Crippen LogP contribution in [0.15, 0.2) is 28.8 Å². The number of halogens is 1. The summed E-state index contributed by atoms with van der Waals surface area (Å²) in [5.74, 6) is 0.658. The van der Waals surface area contributed by atoms with Gasteiger partial charge in [0.25, 0.3) is 5.91 Å². The number of carbonyl (C=O) groups excluding carboxylic acids is 1. The highest BCUT2D eigenvalue weighted by Gasteiger charge is 2.16. The van der Waals surface area contributed by atoms with Crippen molar-refractivity contribution in [1.29, 1.82) is 0 Å². The maximum Gasteiger partial charge on any atom is 0.253 e. The minimum Gasteiger partial charge on any atom is -0.361 e. The molecule has 1 aromatic heterocycles. The number of hydrogen-bond donors (Lipinski definition) is 0. The zero-order valence-electron chi connectivity index (χ0n) is 11.1. The van der Waals surface area contributed by atoms with E-state index in [1.54, 1.807) is 36.2 Å². The maximum absolute atomic E-state index is 12.3. The van der Waals surface area contributed by atoms with E-state index < -0.39 is 0 Å². The van der Waals surface area contributed by atoms with E-state index >= 15 is 0 Å². The molecule has 0 aliphatic rings. The van der Waals surface area contributed by atoms with Gasteiger partial charge >= 0.3 is 0 Å². The van der Waals surface area contributed by atoms with E-state index in [4.69, 9.17) is 16.1 Å². The Kier molecular flexibility index (Phi) is 3.90. The van der Waals surface area contributed by atoms with Crippen LogP contribution in [-0.2, 0) is 6.54 Å². The molecule has 0 N–H and O–H groups in total. The smallest absolute Gasteiger partial charge is 0.253 e. The van der Waals surface area contributed by atoms with Gasteiger partial charge in [-0.25, -0.2) is 0 Å². The molecule has 0 aliphatic heterocycles. The molecule has 0 saturated carbocycles. The number of aryl methyl sites for hydroxylation is 2. The van der Waals surface area contributed by atoms with Crippen molar-refractivity contribution in [3.63, 3.8) is 0 Å². The Morgan fingerprint density at radius 3 is 2.74 bits per heavy atom. The second-order valence-corrected chi connectivity index (χ2v) is 4.91. The lowest BCUT2D eigenvalue weighted by Gasteiger charge is -2.17. The van der Waals surface area contributed by atoms with Crippen LogP contribution in [0.25, 0.3) is 0 Å². The first kappa shape index (κ1) is 13.6. The second kappa shape index (κ2) is 5.45. The molecule has 0 aliphatic carbocycles. The quantitative estimate of drug-likeness (QED) is 0.866. The van der Waals surface area contributed by atoms with E-state index in [9.17, 15) is 4.79 Å². The van der Waals surface area contributed by atoms with Gasteiger partial charge in [-0.3, -0.25) is 4.79 Å². The third-order valence-corrected chi connectivity index (χ3v) is 3.23. The molecule has 0 radical (unpaired) electrons. The van der Waals surface area contributed by atoms with Gasteiger partial charge in [-0.05, 0) is 32.0 Å². The molecule has 0 unspecified atom stereocenters. The van der Waals surface area contributed by atoms with Crippen LogP contribution in [-0.4, -0.2) is 23.0 Å². The van der Waals surface area contributed by atoms with Crippen molar-refractivity contribution < 1.29 is 9.32 Å². The van der Waals surface area contributed by atoms with Crippen molar-refractivity contribution in [2.45, 2.75) is 20.4 Å². The minimum atomic E-state index is -0.0810. The van der Waals surface area contributed by atoms with Gasteiger partial charge in [0.1, 0.15) is 5.76 Å². The van der Waals surface area contributed by atoms with Crippen LogP contribution < -0.4 is 0 Å². The van der Waals surface area contributed by atoms with E-state index in [-0.39, 0.29) is 5.91 Å². The summed E-state index contributed by atoms with van der Waals surface area (Å²) in [5, 5.41) is 4.43. The average molecular weight is 279 g/mol. The van der Waals surface area contributed by atoms with E-state index in [0.29, 0.717) is 17.1 Å². The highest BCUT2D eigenvalue weighted by molar-refractivity contribution is 6.30. The fourth-order valence-electron chi connectivity index (χ4n) is 1.88. The molecule has 100 valence electrons. The molecule has 2 rings (SSSR count). The van der Waals surface area contributed by atoms with Crippen LogP contribution in [0.1, 0.15) is 27.4 Å². The van der Waals surface area contributed by atoms with Crippen LogP contribution in [0.2, 0.25) is 5.02 Å². The first-order valence-electron chi connectivity index (χ1n) is 5.92. The molecule has 0 fully saturated rings. The normalized spacial score (nSPS) is 10.5. The number of carbonyl (C=O) groups is 1. The minimum absolute atomic E-state index is 0.0810. The van der Waals surface area contributed by atoms with Crippen molar-refractivity contribution in [3.05, 3.63) is 51.9 Å². The third kappa shape index (κ3) is 2.96. The highest BCUT2D eigenvalue weighted by atomic mass is 35.5. The van der Waals surface area contributed by atoms with Gasteiger partial charge in [0.15, 0.2) is 0 Å². The van der Waals surface area contributed by atoms with Crippen molar-refractivity contribution >= 4 is 17.5 Å². The summed E-state index contributed by atoms with van der Waals surface area (Å²) < 4.78 is 5.09. The number of amides is 1. The first-order chi connectivity index (χ1) is 8.99. The summed E-state index contributed by atoms with van der Waals surface area (Å²) in [6.07, 6.45) is 0. The molecule has 4 nitrogen and oxygen atoms in total. The predicted molar refractivity (Wildman–Crippen MR) is 73.2 cm³/mol. The van der Waals surface area contributed by atoms with Gasteiger partial charge < -0.3 is 9.42 Å². The van der Waals surface area contributed by atoms with Crippen LogP contribution in [0.3, 0.4) is 0 Å². The molecule has 0 atom stereocenters. The van der Waals surface area contributed by atoms with Gasteiger partial charge in [0.05, 0.1) is 12.2 Å². The first-order valence-corrected chi connectivity index (χ1v) is 6.29. The standard InChI is InChI=1S/C14H15ClN2O2/c1-9-13(10(2)19-16-9)8-17(3)14(18)11-5-4-6-12(15)7-11/h4-7H,8H2,1-3H3. The maximum atomic E-state index is 12.3. The second-order valence-electron chi connectivity index (χ2n) is 4.47. The summed E-state index contributed by atoms with van der Waals surface area (Å²) in [6, 6.07) is 6.91. The Morgan fingerprint density at radius 2 is 2.16 bits per heavy atom.